The summed E-state index contributed by atoms with van der Waals surface area (Å²) in [6.07, 6.45) is 2.97. The lowest BCUT2D eigenvalue weighted by Gasteiger charge is -2.27. The summed E-state index contributed by atoms with van der Waals surface area (Å²) in [5, 5.41) is 0. The zero-order chi connectivity index (χ0) is 15.4. The van der Waals surface area contributed by atoms with Crippen molar-refractivity contribution in [3.8, 4) is 0 Å². The van der Waals surface area contributed by atoms with Gasteiger partial charge in [0.15, 0.2) is 0 Å². The monoisotopic (exact) mass is 395 g/mol. The molecule has 8 heteroatoms. The van der Waals surface area contributed by atoms with E-state index in [4.69, 9.17) is 10.7 Å². The summed E-state index contributed by atoms with van der Waals surface area (Å²) >= 11 is 2.95. The molecule has 2 atom stereocenters. The molecule has 21 heavy (non-hydrogen) atoms. The van der Waals surface area contributed by atoms with Crippen LogP contribution in [0, 0.1) is 11.7 Å². The first-order valence-electron chi connectivity index (χ1n) is 6.52. The summed E-state index contributed by atoms with van der Waals surface area (Å²) in [7, 11) is 1.26. The number of piperidine rings is 1. The van der Waals surface area contributed by atoms with Crippen molar-refractivity contribution in [2.45, 2.75) is 30.2 Å². The zero-order valence-electron chi connectivity index (χ0n) is 10.9. The van der Waals surface area contributed by atoms with Gasteiger partial charge in [0.1, 0.15) is 5.82 Å². The minimum Gasteiger partial charge on any atom is -0.335 e. The average Bonchev–Trinajstić information content (AvgIpc) is 2.98. The predicted octanol–water partition coefficient (Wildman–Crippen LogP) is 3.14. The molecule has 4 nitrogen and oxygen atoms in total. The highest BCUT2D eigenvalue weighted by Crippen LogP contribution is 2.39. The Morgan fingerprint density at radius 3 is 2.62 bits per heavy atom. The van der Waals surface area contributed by atoms with Gasteiger partial charge in [-0.25, -0.2) is 12.8 Å². The van der Waals surface area contributed by atoms with E-state index in [2.05, 4.69) is 15.9 Å². The van der Waals surface area contributed by atoms with Crippen molar-refractivity contribution in [3.63, 3.8) is 0 Å². The van der Waals surface area contributed by atoms with Crippen molar-refractivity contribution < 1.29 is 17.6 Å². The van der Waals surface area contributed by atoms with Crippen LogP contribution in [-0.4, -0.2) is 31.8 Å². The van der Waals surface area contributed by atoms with E-state index >= 15 is 0 Å². The summed E-state index contributed by atoms with van der Waals surface area (Å²) < 4.78 is 37.0. The van der Waals surface area contributed by atoms with E-state index in [0.29, 0.717) is 12.5 Å². The predicted molar refractivity (Wildman–Crippen MR) is 79.3 cm³/mol. The highest BCUT2D eigenvalue weighted by molar-refractivity contribution is 9.10. The first-order valence-corrected chi connectivity index (χ1v) is 9.62. The van der Waals surface area contributed by atoms with Crippen molar-refractivity contribution in [3.05, 3.63) is 28.0 Å². The topological polar surface area (TPSA) is 54.5 Å². The third-order valence-electron chi connectivity index (χ3n) is 4.18. The number of likely N-dealkylation sites (tertiary alicyclic amines) is 1. The maximum atomic E-state index is 14.0. The number of hydrogen-bond donors (Lipinski definition) is 0. The number of fused-ring (bicyclic) bond motifs is 2. The molecule has 1 aliphatic carbocycles. The fraction of sp³-hybridized carbons (Fsp3) is 0.462. The quantitative estimate of drug-likeness (QED) is 0.722. The summed E-state index contributed by atoms with van der Waals surface area (Å²) in [5.41, 5.74) is -0.245. The minimum atomic E-state index is -4.05. The Morgan fingerprint density at radius 1 is 1.38 bits per heavy atom. The highest BCUT2D eigenvalue weighted by Gasteiger charge is 2.41. The Labute approximate surface area is 134 Å². The lowest BCUT2D eigenvalue weighted by atomic mass is 10.1. The van der Waals surface area contributed by atoms with Gasteiger partial charge in [0.2, 0.25) is 0 Å². The molecule has 0 spiro atoms. The number of nitrogens with zero attached hydrogens (tertiary/aromatic N) is 1. The molecule has 0 aromatic heterocycles. The summed E-state index contributed by atoms with van der Waals surface area (Å²) in [4.78, 5) is 13.8. The molecule has 1 aromatic rings. The maximum absolute atomic E-state index is 14.0. The van der Waals surface area contributed by atoms with Crippen molar-refractivity contribution in [1.82, 2.24) is 4.90 Å². The summed E-state index contributed by atoms with van der Waals surface area (Å²) in [6.45, 7) is 0.613. The molecular formula is C13H12BrClFNO3S. The van der Waals surface area contributed by atoms with Crippen LogP contribution in [0.25, 0.3) is 0 Å². The van der Waals surface area contributed by atoms with Crippen LogP contribution in [0.4, 0.5) is 4.39 Å². The molecule has 1 saturated carbocycles. The van der Waals surface area contributed by atoms with E-state index in [-0.39, 0.29) is 21.0 Å². The third kappa shape index (κ3) is 2.71. The van der Waals surface area contributed by atoms with Crippen LogP contribution in [0.2, 0.25) is 0 Å². The second-order valence-electron chi connectivity index (χ2n) is 5.49. The van der Waals surface area contributed by atoms with Gasteiger partial charge in [-0.1, -0.05) is 0 Å². The van der Waals surface area contributed by atoms with E-state index in [1.54, 1.807) is 4.90 Å². The Kier molecular flexibility index (Phi) is 3.78. The number of hydrogen-bond acceptors (Lipinski definition) is 3. The van der Waals surface area contributed by atoms with Crippen molar-refractivity contribution >= 4 is 41.6 Å². The standard InChI is InChI=1S/C13H12BrClFNO3S/c14-10-5-11(16)9(4-12(10)21(15,19)20)13(18)17-6-7-1-2-8(17)3-7/h4-5,7-8H,1-3,6H2. The Hall–Kier alpha value is -0.660. The zero-order valence-corrected chi connectivity index (χ0v) is 14.0. The van der Waals surface area contributed by atoms with E-state index in [1.165, 1.54) is 0 Å². The van der Waals surface area contributed by atoms with Gasteiger partial charge in [-0.05, 0) is 53.2 Å². The molecule has 1 aliphatic heterocycles. The van der Waals surface area contributed by atoms with Crippen LogP contribution in [0.3, 0.4) is 0 Å². The number of benzene rings is 1. The smallest absolute Gasteiger partial charge is 0.262 e. The third-order valence-corrected chi connectivity index (χ3v) is 6.47. The second-order valence-corrected chi connectivity index (χ2v) is 8.88. The normalized spacial score (nSPS) is 24.6. The van der Waals surface area contributed by atoms with Crippen molar-refractivity contribution in [2.24, 2.45) is 5.92 Å². The van der Waals surface area contributed by atoms with Gasteiger partial charge in [-0.3, -0.25) is 4.79 Å². The van der Waals surface area contributed by atoms with Crippen LogP contribution >= 0.6 is 26.6 Å². The lowest BCUT2D eigenvalue weighted by molar-refractivity contribution is 0.0698. The van der Waals surface area contributed by atoms with Gasteiger partial charge in [0.05, 0.1) is 10.5 Å². The first kappa shape index (κ1) is 15.2. The average molecular weight is 397 g/mol. The van der Waals surface area contributed by atoms with Gasteiger partial charge in [-0.2, -0.15) is 0 Å². The Morgan fingerprint density at radius 2 is 2.10 bits per heavy atom. The molecule has 1 aromatic carbocycles. The van der Waals surface area contributed by atoms with Crippen LogP contribution in [0.15, 0.2) is 21.5 Å². The summed E-state index contributed by atoms with van der Waals surface area (Å²) in [6, 6.07) is 2.12. The largest absolute Gasteiger partial charge is 0.335 e. The van der Waals surface area contributed by atoms with E-state index in [0.717, 1.165) is 31.4 Å². The number of rotatable bonds is 2. The fourth-order valence-electron chi connectivity index (χ4n) is 3.21. The van der Waals surface area contributed by atoms with E-state index in [9.17, 15) is 17.6 Å². The number of halogens is 3. The summed E-state index contributed by atoms with van der Waals surface area (Å²) in [5.74, 6) is -0.735. The molecule has 1 amide bonds. The van der Waals surface area contributed by atoms with E-state index in [1.807, 2.05) is 0 Å². The molecule has 1 saturated heterocycles. The lowest BCUT2D eigenvalue weighted by Crippen LogP contribution is -2.38. The minimum absolute atomic E-state index is 0.00879. The molecule has 2 unspecified atom stereocenters. The highest BCUT2D eigenvalue weighted by atomic mass is 79.9. The van der Waals surface area contributed by atoms with Gasteiger partial charge >= 0.3 is 0 Å². The Balaban J connectivity index is 2.00. The molecular weight excluding hydrogens is 385 g/mol. The molecule has 0 radical (unpaired) electrons. The molecule has 0 N–H and O–H groups in total. The maximum Gasteiger partial charge on any atom is 0.262 e. The molecule has 2 fully saturated rings. The van der Waals surface area contributed by atoms with Gasteiger partial charge in [0.25, 0.3) is 15.0 Å². The molecule has 1 heterocycles. The van der Waals surface area contributed by atoms with Crippen LogP contribution in [0.5, 0.6) is 0 Å². The van der Waals surface area contributed by atoms with Crippen molar-refractivity contribution in [2.75, 3.05) is 6.54 Å². The molecule has 3 rings (SSSR count). The number of carbonyl (C=O) groups excluding carboxylic acids is 1. The van der Waals surface area contributed by atoms with Crippen LogP contribution < -0.4 is 0 Å². The molecule has 2 aliphatic rings. The van der Waals surface area contributed by atoms with Crippen LogP contribution in [-0.2, 0) is 9.05 Å². The van der Waals surface area contributed by atoms with Crippen LogP contribution in [0.1, 0.15) is 29.6 Å². The SMILES string of the molecule is O=C(c1cc(S(=O)(=O)Cl)c(Br)cc1F)N1CC2CCC1C2. The molecule has 2 bridgehead atoms. The Bertz CT molecular complexity index is 724. The first-order chi connectivity index (χ1) is 9.77. The van der Waals surface area contributed by atoms with E-state index < -0.39 is 20.8 Å². The van der Waals surface area contributed by atoms with Crippen molar-refractivity contribution in [1.29, 1.82) is 0 Å². The van der Waals surface area contributed by atoms with Gasteiger partial charge < -0.3 is 4.90 Å². The molecule has 114 valence electrons. The van der Waals surface area contributed by atoms with Gasteiger partial charge in [0, 0.05) is 27.7 Å². The van der Waals surface area contributed by atoms with Gasteiger partial charge in [-0.15, -0.1) is 0 Å². The second kappa shape index (κ2) is 5.21. The number of amides is 1. The number of carbonyl (C=O) groups is 1. The fourth-order valence-corrected chi connectivity index (χ4v) is 5.38.